The Kier molecular flexibility index (Phi) is 3.10. The number of hydrogen-bond donors (Lipinski definition) is 0. The Bertz CT molecular complexity index is 591. The van der Waals surface area contributed by atoms with Gasteiger partial charge in [0.2, 0.25) is 0 Å². The van der Waals surface area contributed by atoms with E-state index in [1.165, 1.54) is 12.1 Å². The first-order chi connectivity index (χ1) is 8.04. The minimum atomic E-state index is -4.95. The van der Waals surface area contributed by atoms with Gasteiger partial charge in [0.05, 0.1) is 0 Å². The largest absolute Gasteiger partial charge is 0.488 e. The van der Waals surface area contributed by atoms with E-state index in [9.17, 15) is 12.3 Å². The molecule has 17 heavy (non-hydrogen) atoms. The Morgan fingerprint density at radius 1 is 0.824 bits per heavy atom. The summed E-state index contributed by atoms with van der Waals surface area (Å²) >= 11 is 0. The predicted octanol–water partition coefficient (Wildman–Crippen LogP) is 2.95. The van der Waals surface area contributed by atoms with E-state index in [-0.39, 0.29) is 5.75 Å². The fraction of sp³-hybridized carbons (Fsp3) is 0. The Labute approximate surface area is 98.9 Å². The van der Waals surface area contributed by atoms with Gasteiger partial charge in [0.1, 0.15) is 5.75 Å². The Morgan fingerprint density at radius 3 is 1.88 bits per heavy atom. The molecule has 2 rings (SSSR count). The van der Waals surface area contributed by atoms with Crippen molar-refractivity contribution in [3.63, 3.8) is 0 Å². The Morgan fingerprint density at radius 2 is 1.35 bits per heavy atom. The molecular formula is C12H9FO3S. The second-order valence-corrected chi connectivity index (χ2v) is 4.32. The first-order valence-corrected chi connectivity index (χ1v) is 6.15. The van der Waals surface area contributed by atoms with E-state index in [0.29, 0.717) is 0 Å². The molecule has 0 aliphatic heterocycles. The maximum atomic E-state index is 12.2. The zero-order valence-electron chi connectivity index (χ0n) is 8.71. The highest BCUT2D eigenvalue weighted by Gasteiger charge is 2.09. The van der Waals surface area contributed by atoms with Gasteiger partial charge in [-0.1, -0.05) is 46.4 Å². The van der Waals surface area contributed by atoms with Crippen LogP contribution in [0.3, 0.4) is 0 Å². The molecule has 0 aliphatic carbocycles. The third-order valence-corrected chi connectivity index (χ3v) is 2.55. The van der Waals surface area contributed by atoms with Crippen molar-refractivity contribution in [2.75, 3.05) is 0 Å². The van der Waals surface area contributed by atoms with Crippen LogP contribution >= 0.6 is 0 Å². The third-order valence-electron chi connectivity index (χ3n) is 2.16. The SMILES string of the molecule is O=S(=O)(F)Oc1ccc(-c2ccccc2)cc1. The second kappa shape index (κ2) is 4.55. The van der Waals surface area contributed by atoms with Crippen LogP contribution in [0.5, 0.6) is 5.75 Å². The molecule has 5 heteroatoms. The summed E-state index contributed by atoms with van der Waals surface area (Å²) < 4.78 is 36.9. The van der Waals surface area contributed by atoms with Crippen LogP contribution in [0, 0.1) is 0 Å². The molecule has 0 fully saturated rings. The molecule has 0 saturated carbocycles. The van der Waals surface area contributed by atoms with E-state index in [2.05, 4.69) is 4.18 Å². The first-order valence-electron chi connectivity index (χ1n) is 4.84. The van der Waals surface area contributed by atoms with Gasteiger partial charge in [-0.15, -0.1) is 0 Å². The summed E-state index contributed by atoms with van der Waals surface area (Å²) in [6, 6.07) is 15.7. The minimum absolute atomic E-state index is 0.0489. The van der Waals surface area contributed by atoms with Crippen molar-refractivity contribution in [3.8, 4) is 16.9 Å². The Hall–Kier alpha value is -1.88. The van der Waals surface area contributed by atoms with Gasteiger partial charge in [0, 0.05) is 0 Å². The number of halogens is 1. The lowest BCUT2D eigenvalue weighted by molar-refractivity contribution is 0.440. The number of benzene rings is 2. The zero-order valence-corrected chi connectivity index (χ0v) is 9.52. The van der Waals surface area contributed by atoms with Crippen LogP contribution in [0.4, 0.5) is 3.89 Å². The summed E-state index contributed by atoms with van der Waals surface area (Å²) in [5.41, 5.74) is 1.89. The van der Waals surface area contributed by atoms with Crippen molar-refractivity contribution < 1.29 is 16.5 Å². The third kappa shape index (κ3) is 3.29. The molecule has 0 N–H and O–H groups in total. The van der Waals surface area contributed by atoms with Crippen LogP contribution in [0.15, 0.2) is 54.6 Å². The highest BCUT2D eigenvalue weighted by atomic mass is 32.3. The molecule has 0 amide bonds. The molecule has 88 valence electrons. The van der Waals surface area contributed by atoms with E-state index < -0.39 is 10.5 Å². The number of hydrogen-bond acceptors (Lipinski definition) is 3. The van der Waals surface area contributed by atoms with Crippen molar-refractivity contribution in [3.05, 3.63) is 54.6 Å². The van der Waals surface area contributed by atoms with Gasteiger partial charge in [-0.3, -0.25) is 0 Å². The van der Waals surface area contributed by atoms with Crippen molar-refractivity contribution >= 4 is 10.5 Å². The van der Waals surface area contributed by atoms with Gasteiger partial charge in [0.15, 0.2) is 0 Å². The normalized spacial score (nSPS) is 11.1. The van der Waals surface area contributed by atoms with E-state index in [1.54, 1.807) is 12.1 Å². The molecule has 2 aromatic rings. The molecule has 0 aliphatic rings. The molecule has 0 aromatic heterocycles. The highest BCUT2D eigenvalue weighted by molar-refractivity contribution is 7.81. The van der Waals surface area contributed by atoms with Crippen molar-refractivity contribution in [1.82, 2.24) is 0 Å². The summed E-state index contributed by atoms with van der Waals surface area (Å²) in [4.78, 5) is 0. The smallest absolute Gasteiger partial charge is 0.358 e. The van der Waals surface area contributed by atoms with Gasteiger partial charge in [0.25, 0.3) is 0 Å². The molecule has 0 radical (unpaired) electrons. The molecule has 0 saturated heterocycles. The van der Waals surface area contributed by atoms with Crippen molar-refractivity contribution in [2.24, 2.45) is 0 Å². The maximum absolute atomic E-state index is 12.2. The minimum Gasteiger partial charge on any atom is -0.358 e. The lowest BCUT2D eigenvalue weighted by atomic mass is 10.1. The number of rotatable bonds is 3. The summed E-state index contributed by atoms with van der Waals surface area (Å²) in [6.07, 6.45) is 0. The average molecular weight is 252 g/mol. The molecular weight excluding hydrogens is 243 g/mol. The maximum Gasteiger partial charge on any atom is 0.488 e. The zero-order chi connectivity index (χ0) is 12.3. The van der Waals surface area contributed by atoms with Gasteiger partial charge in [-0.05, 0) is 23.3 Å². The van der Waals surface area contributed by atoms with Gasteiger partial charge in [-0.25, -0.2) is 0 Å². The second-order valence-electron chi connectivity index (χ2n) is 3.37. The lowest BCUT2D eigenvalue weighted by Crippen LogP contribution is -2.00. The van der Waals surface area contributed by atoms with Crippen LogP contribution < -0.4 is 4.18 Å². The molecule has 0 unspecified atom stereocenters. The molecule has 0 atom stereocenters. The fourth-order valence-electron chi connectivity index (χ4n) is 1.45. The molecule has 0 heterocycles. The monoisotopic (exact) mass is 252 g/mol. The van der Waals surface area contributed by atoms with Crippen LogP contribution in [0.2, 0.25) is 0 Å². The van der Waals surface area contributed by atoms with Crippen LogP contribution in [0.1, 0.15) is 0 Å². The summed E-state index contributed by atoms with van der Waals surface area (Å²) in [5.74, 6) is -0.0489. The van der Waals surface area contributed by atoms with Crippen molar-refractivity contribution in [2.45, 2.75) is 0 Å². The molecule has 0 bridgehead atoms. The summed E-state index contributed by atoms with van der Waals surface area (Å²) in [6.45, 7) is 0. The standard InChI is InChI=1S/C12H9FO3S/c13-17(14,15)16-12-8-6-11(7-9-12)10-4-2-1-3-5-10/h1-9H. The topological polar surface area (TPSA) is 43.4 Å². The van der Waals surface area contributed by atoms with Gasteiger partial charge in [-0.2, -0.15) is 8.42 Å². The van der Waals surface area contributed by atoms with Gasteiger partial charge >= 0.3 is 10.5 Å². The average Bonchev–Trinajstić information content (AvgIpc) is 2.29. The van der Waals surface area contributed by atoms with E-state index >= 15 is 0 Å². The summed E-state index contributed by atoms with van der Waals surface area (Å²) in [5, 5.41) is 0. The van der Waals surface area contributed by atoms with Gasteiger partial charge < -0.3 is 4.18 Å². The van der Waals surface area contributed by atoms with Crippen LogP contribution in [-0.4, -0.2) is 8.42 Å². The van der Waals surface area contributed by atoms with Crippen LogP contribution in [-0.2, 0) is 10.5 Å². The van der Waals surface area contributed by atoms with Crippen molar-refractivity contribution in [1.29, 1.82) is 0 Å². The quantitative estimate of drug-likeness (QED) is 0.789. The van der Waals surface area contributed by atoms with Crippen LogP contribution in [0.25, 0.3) is 11.1 Å². The molecule has 2 aromatic carbocycles. The molecule has 3 nitrogen and oxygen atoms in total. The highest BCUT2D eigenvalue weighted by Crippen LogP contribution is 2.22. The van der Waals surface area contributed by atoms with E-state index in [1.807, 2.05) is 30.3 Å². The lowest BCUT2D eigenvalue weighted by Gasteiger charge is -2.03. The van der Waals surface area contributed by atoms with E-state index in [4.69, 9.17) is 0 Å². The predicted molar refractivity (Wildman–Crippen MR) is 62.5 cm³/mol. The molecule has 0 spiro atoms. The van der Waals surface area contributed by atoms with E-state index in [0.717, 1.165) is 11.1 Å². The first kappa shape index (κ1) is 11.6. The Balaban J connectivity index is 2.25. The summed E-state index contributed by atoms with van der Waals surface area (Å²) in [7, 11) is -4.95. The fourth-order valence-corrected chi connectivity index (χ4v) is 1.79.